The van der Waals surface area contributed by atoms with Crippen molar-refractivity contribution in [1.29, 1.82) is 0 Å². The van der Waals surface area contributed by atoms with Crippen LogP contribution in [0.3, 0.4) is 0 Å². The molecule has 1 aliphatic rings. The molecule has 120 valence electrons. The first-order chi connectivity index (χ1) is 9.96. The second-order valence-corrected chi connectivity index (χ2v) is 10.0. The van der Waals surface area contributed by atoms with E-state index in [1.165, 1.54) is 11.3 Å². The van der Waals surface area contributed by atoms with Gasteiger partial charge in [-0.3, -0.25) is 0 Å². The Morgan fingerprint density at radius 1 is 1.38 bits per heavy atom. The Morgan fingerprint density at radius 2 is 2.14 bits per heavy atom. The van der Waals surface area contributed by atoms with Gasteiger partial charge < -0.3 is 5.32 Å². The summed E-state index contributed by atoms with van der Waals surface area (Å²) in [5.74, 6) is 0.878. The number of nitrogens with zero attached hydrogens (tertiary/aromatic N) is 1. The van der Waals surface area contributed by atoms with E-state index >= 15 is 0 Å². The van der Waals surface area contributed by atoms with E-state index in [4.69, 9.17) is 0 Å². The molecule has 0 bridgehead atoms. The van der Waals surface area contributed by atoms with Gasteiger partial charge in [0.15, 0.2) is 0 Å². The Hall–Kier alpha value is -0.0800. The normalized spacial score (nSPS) is 24.3. The molecule has 0 spiro atoms. The van der Waals surface area contributed by atoms with E-state index in [0.717, 1.165) is 30.1 Å². The molecule has 7 heteroatoms. The first kappa shape index (κ1) is 17.3. The third-order valence-corrected chi connectivity index (χ3v) is 8.76. The van der Waals surface area contributed by atoms with Gasteiger partial charge in [0.2, 0.25) is 0 Å². The summed E-state index contributed by atoms with van der Waals surface area (Å²) in [6.07, 6.45) is 0.885. The van der Waals surface area contributed by atoms with Gasteiger partial charge >= 0.3 is 0 Å². The molecule has 0 aliphatic carbocycles. The number of nitrogens with one attached hydrogen (secondary N) is 1. The van der Waals surface area contributed by atoms with Crippen LogP contribution in [0, 0.1) is 0 Å². The first-order valence-corrected chi connectivity index (χ1v) is 10.7. The van der Waals surface area contributed by atoms with Gasteiger partial charge in [-0.15, -0.1) is 11.3 Å². The number of thiophene rings is 1. The van der Waals surface area contributed by atoms with E-state index < -0.39 is 10.0 Å². The second-order valence-electron chi connectivity index (χ2n) is 5.26. The Labute approximate surface area is 136 Å². The van der Waals surface area contributed by atoms with Crippen LogP contribution < -0.4 is 5.32 Å². The molecule has 2 unspecified atom stereocenters. The first-order valence-electron chi connectivity index (χ1n) is 7.39. The van der Waals surface area contributed by atoms with Crippen molar-refractivity contribution in [3.63, 3.8) is 0 Å². The minimum absolute atomic E-state index is 0.0565. The molecule has 1 fully saturated rings. The van der Waals surface area contributed by atoms with E-state index in [0.29, 0.717) is 16.0 Å². The summed E-state index contributed by atoms with van der Waals surface area (Å²) in [4.78, 5) is 1.13. The van der Waals surface area contributed by atoms with Crippen molar-refractivity contribution < 1.29 is 8.42 Å². The molecule has 0 saturated carbocycles. The van der Waals surface area contributed by atoms with Crippen LogP contribution in [0.2, 0.25) is 0 Å². The van der Waals surface area contributed by atoms with Crippen LogP contribution >= 0.6 is 23.1 Å². The predicted molar refractivity (Wildman–Crippen MR) is 91.8 cm³/mol. The quantitative estimate of drug-likeness (QED) is 0.802. The Kier molecular flexibility index (Phi) is 6.14. The van der Waals surface area contributed by atoms with Crippen LogP contribution in [-0.2, 0) is 16.4 Å². The van der Waals surface area contributed by atoms with Crippen molar-refractivity contribution in [2.75, 3.05) is 25.4 Å². The zero-order valence-electron chi connectivity index (χ0n) is 12.8. The lowest BCUT2D eigenvalue weighted by atomic mass is 10.2. The Morgan fingerprint density at radius 3 is 2.86 bits per heavy atom. The molecule has 0 aromatic carbocycles. The lowest BCUT2D eigenvalue weighted by molar-refractivity contribution is 0.341. The zero-order valence-corrected chi connectivity index (χ0v) is 15.3. The molecule has 21 heavy (non-hydrogen) atoms. The number of sulfonamides is 1. The van der Waals surface area contributed by atoms with Gasteiger partial charge in [-0.1, -0.05) is 13.8 Å². The topological polar surface area (TPSA) is 49.4 Å². The molecule has 1 N–H and O–H groups in total. The second kappa shape index (κ2) is 7.46. The lowest BCUT2D eigenvalue weighted by Crippen LogP contribution is -2.47. The standard InChI is InChI=1S/C14H24N2O2S3/c1-4-15-8-7-13-5-6-14(20-13)21(17,18)16-9-10-19-12(3)11(16)2/h5-6,11-12,15H,4,7-10H2,1-3H3. The molecule has 0 amide bonds. The maximum absolute atomic E-state index is 12.8. The summed E-state index contributed by atoms with van der Waals surface area (Å²) < 4.78 is 27.8. The predicted octanol–water partition coefficient (Wildman–Crippen LogP) is 2.41. The van der Waals surface area contributed by atoms with Crippen molar-refractivity contribution >= 4 is 33.1 Å². The summed E-state index contributed by atoms with van der Waals surface area (Å²) in [5, 5.41) is 3.61. The molecule has 1 saturated heterocycles. The molecule has 1 aromatic heterocycles. The van der Waals surface area contributed by atoms with Gasteiger partial charge in [0, 0.05) is 28.5 Å². The van der Waals surface area contributed by atoms with E-state index in [2.05, 4.69) is 19.2 Å². The van der Waals surface area contributed by atoms with Crippen LogP contribution in [0.25, 0.3) is 0 Å². The maximum atomic E-state index is 12.8. The number of likely N-dealkylation sites (N-methyl/N-ethyl adjacent to an activating group) is 1. The summed E-state index contributed by atoms with van der Waals surface area (Å²) >= 11 is 3.26. The van der Waals surface area contributed by atoms with Crippen molar-refractivity contribution in [3.8, 4) is 0 Å². The number of hydrogen-bond acceptors (Lipinski definition) is 5. The molecule has 2 rings (SSSR count). The van der Waals surface area contributed by atoms with Gasteiger partial charge in [-0.25, -0.2) is 8.42 Å². The minimum atomic E-state index is -3.34. The Balaban J connectivity index is 2.12. The van der Waals surface area contributed by atoms with Crippen molar-refractivity contribution in [2.45, 2.75) is 42.7 Å². The fraction of sp³-hybridized carbons (Fsp3) is 0.714. The van der Waals surface area contributed by atoms with Crippen molar-refractivity contribution in [1.82, 2.24) is 9.62 Å². The highest BCUT2D eigenvalue weighted by Gasteiger charge is 2.35. The van der Waals surface area contributed by atoms with Crippen molar-refractivity contribution in [3.05, 3.63) is 17.0 Å². The van der Waals surface area contributed by atoms with Gasteiger partial charge in [0.05, 0.1) is 0 Å². The van der Waals surface area contributed by atoms with Crippen LogP contribution in [0.15, 0.2) is 16.3 Å². The number of rotatable bonds is 6. The van der Waals surface area contributed by atoms with Gasteiger partial charge in [-0.05, 0) is 38.6 Å². The molecular formula is C14H24N2O2S3. The van der Waals surface area contributed by atoms with Crippen LogP contribution in [0.4, 0.5) is 0 Å². The smallest absolute Gasteiger partial charge is 0.252 e. The molecule has 1 aliphatic heterocycles. The van der Waals surface area contributed by atoms with Crippen LogP contribution in [-0.4, -0.2) is 49.4 Å². The average molecular weight is 349 g/mol. The lowest BCUT2D eigenvalue weighted by Gasteiger charge is -2.35. The third-order valence-electron chi connectivity index (χ3n) is 3.82. The summed E-state index contributed by atoms with van der Waals surface area (Å²) in [5.41, 5.74) is 0. The highest BCUT2D eigenvalue weighted by molar-refractivity contribution is 8.00. The van der Waals surface area contributed by atoms with E-state index in [-0.39, 0.29) is 6.04 Å². The number of thioether (sulfide) groups is 1. The molecule has 1 aromatic rings. The SMILES string of the molecule is CCNCCc1ccc(S(=O)(=O)N2CCSC(C)C2C)s1. The van der Waals surface area contributed by atoms with E-state index in [1.54, 1.807) is 10.4 Å². The summed E-state index contributed by atoms with van der Waals surface area (Å²) in [6, 6.07) is 3.77. The van der Waals surface area contributed by atoms with E-state index in [1.807, 2.05) is 24.8 Å². The minimum Gasteiger partial charge on any atom is -0.317 e. The molecule has 0 radical (unpaired) electrons. The summed E-state index contributed by atoms with van der Waals surface area (Å²) in [6.45, 7) is 8.63. The fourth-order valence-corrected chi connectivity index (χ4v) is 6.86. The zero-order chi connectivity index (χ0) is 15.5. The molecule has 2 heterocycles. The van der Waals surface area contributed by atoms with E-state index in [9.17, 15) is 8.42 Å². The number of hydrogen-bond donors (Lipinski definition) is 1. The van der Waals surface area contributed by atoms with Crippen molar-refractivity contribution in [2.24, 2.45) is 0 Å². The highest BCUT2D eigenvalue weighted by Crippen LogP contribution is 2.32. The largest absolute Gasteiger partial charge is 0.317 e. The van der Waals surface area contributed by atoms with Gasteiger partial charge in [0.1, 0.15) is 4.21 Å². The fourth-order valence-electron chi connectivity index (χ4n) is 2.38. The Bertz CT molecular complexity index is 556. The third kappa shape index (κ3) is 4.01. The van der Waals surface area contributed by atoms with Gasteiger partial charge in [0.25, 0.3) is 10.0 Å². The van der Waals surface area contributed by atoms with Gasteiger partial charge in [-0.2, -0.15) is 16.1 Å². The molecular weight excluding hydrogens is 324 g/mol. The molecule has 4 nitrogen and oxygen atoms in total. The molecule has 2 atom stereocenters. The average Bonchev–Trinajstić information content (AvgIpc) is 2.91. The van der Waals surface area contributed by atoms with Crippen LogP contribution in [0.5, 0.6) is 0 Å². The summed E-state index contributed by atoms with van der Waals surface area (Å²) in [7, 11) is -3.34. The monoisotopic (exact) mass is 348 g/mol. The highest BCUT2D eigenvalue weighted by atomic mass is 32.2. The van der Waals surface area contributed by atoms with Crippen LogP contribution in [0.1, 0.15) is 25.6 Å². The maximum Gasteiger partial charge on any atom is 0.252 e.